The van der Waals surface area contributed by atoms with Crippen LogP contribution in [0.3, 0.4) is 0 Å². The number of benzene rings is 2. The molecule has 4 rings (SSSR count). The van der Waals surface area contributed by atoms with E-state index in [4.69, 9.17) is 10.6 Å². The molecule has 0 aliphatic carbocycles. The van der Waals surface area contributed by atoms with Crippen molar-refractivity contribution in [2.24, 2.45) is 5.84 Å². The zero-order chi connectivity index (χ0) is 23.2. The molecular weight excluding hydrogens is 430 g/mol. The largest absolute Gasteiger partial charge is 0.380 e. The van der Waals surface area contributed by atoms with E-state index >= 15 is 0 Å². The van der Waals surface area contributed by atoms with Gasteiger partial charge in [-0.05, 0) is 42.0 Å². The van der Waals surface area contributed by atoms with E-state index in [1.165, 1.54) is 18.3 Å². The highest BCUT2D eigenvalue weighted by atomic mass is 19.1. The highest BCUT2D eigenvalue weighted by Crippen LogP contribution is 2.25. The van der Waals surface area contributed by atoms with E-state index in [9.17, 15) is 13.6 Å². The van der Waals surface area contributed by atoms with Gasteiger partial charge >= 0.3 is 0 Å². The van der Waals surface area contributed by atoms with Crippen molar-refractivity contribution >= 4 is 28.8 Å². The molecule has 0 spiro atoms. The molecule has 0 bridgehead atoms. The molecule has 1 aliphatic heterocycles. The van der Waals surface area contributed by atoms with Crippen LogP contribution in [0.2, 0.25) is 0 Å². The van der Waals surface area contributed by atoms with Crippen LogP contribution in [0.1, 0.15) is 15.9 Å². The van der Waals surface area contributed by atoms with Crippen molar-refractivity contribution in [1.29, 1.82) is 0 Å². The summed E-state index contributed by atoms with van der Waals surface area (Å²) in [6, 6.07) is 12.8. The molecule has 2 heterocycles. The summed E-state index contributed by atoms with van der Waals surface area (Å²) < 4.78 is 32.4. The van der Waals surface area contributed by atoms with Gasteiger partial charge in [-0.2, -0.15) is 0 Å². The van der Waals surface area contributed by atoms with Gasteiger partial charge in [0.1, 0.15) is 17.5 Å². The molecule has 1 fully saturated rings. The molecule has 1 aromatic heterocycles. The van der Waals surface area contributed by atoms with Gasteiger partial charge in [-0.15, -0.1) is 0 Å². The number of carbonyl (C=O) groups is 1. The Kier molecular flexibility index (Phi) is 6.96. The number of morpholine rings is 1. The summed E-state index contributed by atoms with van der Waals surface area (Å²) in [7, 11) is 0. The number of nitrogens with one attached hydrogen (secondary N) is 3. The molecule has 0 unspecified atom stereocenters. The van der Waals surface area contributed by atoms with E-state index in [1.807, 2.05) is 24.3 Å². The van der Waals surface area contributed by atoms with E-state index in [0.29, 0.717) is 30.3 Å². The van der Waals surface area contributed by atoms with E-state index < -0.39 is 17.5 Å². The van der Waals surface area contributed by atoms with E-state index in [2.05, 4.69) is 25.9 Å². The summed E-state index contributed by atoms with van der Waals surface area (Å²) in [5.41, 5.74) is 4.98. The number of amides is 1. The van der Waals surface area contributed by atoms with Crippen LogP contribution in [0.15, 0.2) is 54.7 Å². The SMILES string of the molecule is NNC(=O)c1cnc(Nc2ccc(N3CCOCC3)cc2)cc1NCc1cc(F)cc(F)c1. The van der Waals surface area contributed by atoms with Gasteiger partial charge in [0.05, 0.1) is 24.5 Å². The Hall–Kier alpha value is -3.76. The molecule has 1 amide bonds. The first-order valence-corrected chi connectivity index (χ1v) is 10.4. The number of nitrogens with two attached hydrogens (primary N) is 1. The second-order valence-electron chi connectivity index (χ2n) is 7.49. The monoisotopic (exact) mass is 454 g/mol. The minimum atomic E-state index is -0.677. The normalized spacial score (nSPS) is 13.5. The first kappa shape index (κ1) is 22.4. The molecule has 2 aromatic carbocycles. The average molecular weight is 454 g/mol. The fourth-order valence-corrected chi connectivity index (χ4v) is 3.56. The van der Waals surface area contributed by atoms with E-state index in [-0.39, 0.29) is 12.1 Å². The Morgan fingerprint density at radius 2 is 1.76 bits per heavy atom. The summed E-state index contributed by atoms with van der Waals surface area (Å²) in [5, 5.41) is 6.23. The van der Waals surface area contributed by atoms with Crippen LogP contribution in [0.4, 0.5) is 31.7 Å². The minimum absolute atomic E-state index is 0.0945. The minimum Gasteiger partial charge on any atom is -0.380 e. The van der Waals surface area contributed by atoms with Gasteiger partial charge in [-0.1, -0.05) is 0 Å². The zero-order valence-corrected chi connectivity index (χ0v) is 17.8. The molecule has 1 aliphatic rings. The topological polar surface area (TPSA) is 105 Å². The maximum atomic E-state index is 13.5. The second kappa shape index (κ2) is 10.2. The van der Waals surface area contributed by atoms with E-state index in [0.717, 1.165) is 30.5 Å². The molecule has 10 heteroatoms. The standard InChI is InChI=1S/C23H24F2N6O2/c24-16-9-15(10-17(25)11-16)13-27-21-12-22(28-14-20(21)23(32)30-26)29-18-1-3-19(4-2-18)31-5-7-33-8-6-31/h1-4,9-12,14H,5-8,13,26H2,(H,30,32)(H2,27,28,29). The molecule has 1 saturated heterocycles. The lowest BCUT2D eigenvalue weighted by molar-refractivity contribution is 0.0954. The molecular formula is C23H24F2N6O2. The number of anilines is 4. The third-order valence-corrected chi connectivity index (χ3v) is 5.20. The number of carbonyl (C=O) groups excluding carboxylic acids is 1. The first-order valence-electron chi connectivity index (χ1n) is 10.4. The fourth-order valence-electron chi connectivity index (χ4n) is 3.56. The highest BCUT2D eigenvalue weighted by molar-refractivity contribution is 5.99. The number of rotatable bonds is 7. The molecule has 8 nitrogen and oxygen atoms in total. The Morgan fingerprint density at radius 1 is 1.06 bits per heavy atom. The fraction of sp³-hybridized carbons (Fsp3) is 0.217. The smallest absolute Gasteiger partial charge is 0.268 e. The maximum Gasteiger partial charge on any atom is 0.268 e. The molecule has 0 radical (unpaired) electrons. The summed E-state index contributed by atoms with van der Waals surface area (Å²) >= 11 is 0. The number of nitrogens with zero attached hydrogens (tertiary/aromatic N) is 2. The number of hydrogen-bond acceptors (Lipinski definition) is 7. The number of pyridine rings is 1. The van der Waals surface area contributed by atoms with Crippen LogP contribution >= 0.6 is 0 Å². The number of hydrogen-bond donors (Lipinski definition) is 4. The lowest BCUT2D eigenvalue weighted by Crippen LogP contribution is -2.36. The van der Waals surface area contributed by atoms with Gasteiger partial charge in [0, 0.05) is 49.3 Å². The zero-order valence-electron chi connectivity index (χ0n) is 17.8. The molecule has 0 saturated carbocycles. The summed E-state index contributed by atoms with van der Waals surface area (Å²) in [5.74, 6) is 3.86. The predicted molar refractivity (Wildman–Crippen MR) is 122 cm³/mol. The van der Waals surface area contributed by atoms with Gasteiger partial charge in [0.25, 0.3) is 5.91 Å². The lowest BCUT2D eigenvalue weighted by Gasteiger charge is -2.28. The van der Waals surface area contributed by atoms with Gasteiger partial charge in [0.2, 0.25) is 0 Å². The second-order valence-corrected chi connectivity index (χ2v) is 7.49. The summed E-state index contributed by atoms with van der Waals surface area (Å²) in [6.07, 6.45) is 1.38. The van der Waals surface area contributed by atoms with Crippen molar-refractivity contribution < 1.29 is 18.3 Å². The van der Waals surface area contributed by atoms with Crippen molar-refractivity contribution in [3.63, 3.8) is 0 Å². The van der Waals surface area contributed by atoms with Gasteiger partial charge in [-0.3, -0.25) is 10.2 Å². The molecule has 0 atom stereocenters. The maximum absolute atomic E-state index is 13.5. The Balaban J connectivity index is 1.50. The first-order chi connectivity index (χ1) is 16.0. The lowest BCUT2D eigenvalue weighted by atomic mass is 10.1. The van der Waals surface area contributed by atoms with Crippen molar-refractivity contribution in [3.8, 4) is 0 Å². The molecule has 172 valence electrons. The van der Waals surface area contributed by atoms with Gasteiger partial charge in [0.15, 0.2) is 0 Å². The highest BCUT2D eigenvalue weighted by Gasteiger charge is 2.14. The number of halogens is 2. The number of ether oxygens (including phenoxy) is 1. The number of aromatic nitrogens is 1. The third kappa shape index (κ3) is 5.73. The summed E-state index contributed by atoms with van der Waals surface area (Å²) in [4.78, 5) is 18.7. The quantitative estimate of drug-likeness (QED) is 0.247. The van der Waals surface area contributed by atoms with Crippen molar-refractivity contribution in [3.05, 3.63) is 77.5 Å². The van der Waals surface area contributed by atoms with Crippen LogP contribution in [-0.2, 0) is 11.3 Å². The van der Waals surface area contributed by atoms with Crippen molar-refractivity contribution in [2.45, 2.75) is 6.54 Å². The Morgan fingerprint density at radius 3 is 2.42 bits per heavy atom. The van der Waals surface area contributed by atoms with Gasteiger partial charge in [-0.25, -0.2) is 19.6 Å². The van der Waals surface area contributed by atoms with Crippen LogP contribution < -0.4 is 26.8 Å². The van der Waals surface area contributed by atoms with Crippen LogP contribution in [-0.4, -0.2) is 37.2 Å². The third-order valence-electron chi connectivity index (χ3n) is 5.20. The number of hydrazine groups is 1. The average Bonchev–Trinajstić information content (AvgIpc) is 2.83. The van der Waals surface area contributed by atoms with Crippen LogP contribution in [0, 0.1) is 11.6 Å². The summed E-state index contributed by atoms with van der Waals surface area (Å²) in [6.45, 7) is 3.22. The molecule has 33 heavy (non-hydrogen) atoms. The predicted octanol–water partition coefficient (Wildman–Crippen LogP) is 3.16. The van der Waals surface area contributed by atoms with Crippen molar-refractivity contribution in [2.75, 3.05) is 41.8 Å². The van der Waals surface area contributed by atoms with E-state index in [1.54, 1.807) is 6.07 Å². The number of nitrogen functional groups attached to an aromatic ring is 1. The van der Waals surface area contributed by atoms with Crippen LogP contribution in [0.5, 0.6) is 0 Å². The van der Waals surface area contributed by atoms with Crippen molar-refractivity contribution in [1.82, 2.24) is 10.4 Å². The Bertz CT molecular complexity index is 1100. The van der Waals surface area contributed by atoms with Gasteiger partial charge < -0.3 is 20.3 Å². The molecule has 5 N–H and O–H groups in total. The molecule has 3 aromatic rings. The Labute approximate surface area is 189 Å². The van der Waals surface area contributed by atoms with Crippen LogP contribution in [0.25, 0.3) is 0 Å².